The Bertz CT molecular complexity index is 933. The lowest BCUT2D eigenvalue weighted by Crippen LogP contribution is -2.48. The Morgan fingerprint density at radius 2 is 1.68 bits per heavy atom. The van der Waals surface area contributed by atoms with Crippen molar-refractivity contribution in [2.75, 3.05) is 20.1 Å². The number of hydrogen-bond donors (Lipinski definition) is 2. The molecule has 1 aliphatic heterocycles. The lowest BCUT2D eigenvalue weighted by molar-refractivity contribution is 0.198. The standard InChI is InChI=1S/C24H30N6.HI/c1-25-24(26-18-22-14-17-30(28-22)23-10-6-3-7-11-23)27-21-12-15-29(16-13-21)19-20-8-4-2-5-9-20;/h2-11,14,17,21H,12-13,15-16,18-19H2,1H3,(H2,25,26,27);1H. The highest BCUT2D eigenvalue weighted by atomic mass is 127. The van der Waals surface area contributed by atoms with E-state index in [4.69, 9.17) is 0 Å². The van der Waals surface area contributed by atoms with E-state index in [-0.39, 0.29) is 24.0 Å². The van der Waals surface area contributed by atoms with Gasteiger partial charge < -0.3 is 10.6 Å². The molecule has 1 aromatic heterocycles. The third-order valence-electron chi connectivity index (χ3n) is 5.50. The molecule has 2 heterocycles. The Labute approximate surface area is 201 Å². The predicted octanol–water partition coefficient (Wildman–Crippen LogP) is 3.82. The average Bonchev–Trinajstić information content (AvgIpc) is 3.28. The van der Waals surface area contributed by atoms with Gasteiger partial charge in [0.25, 0.3) is 0 Å². The fraction of sp³-hybridized carbons (Fsp3) is 0.333. The van der Waals surface area contributed by atoms with Crippen LogP contribution in [0.15, 0.2) is 77.9 Å². The molecule has 1 saturated heterocycles. The lowest BCUT2D eigenvalue weighted by atomic mass is 10.0. The molecule has 0 radical (unpaired) electrons. The Balaban J connectivity index is 0.00000272. The van der Waals surface area contributed by atoms with Gasteiger partial charge in [0.15, 0.2) is 5.96 Å². The molecular formula is C24H31IN6. The van der Waals surface area contributed by atoms with E-state index in [1.165, 1.54) is 5.56 Å². The zero-order chi connectivity index (χ0) is 20.6. The lowest BCUT2D eigenvalue weighted by Gasteiger charge is -2.33. The largest absolute Gasteiger partial charge is 0.354 e. The van der Waals surface area contributed by atoms with Crippen molar-refractivity contribution >= 4 is 29.9 Å². The minimum absolute atomic E-state index is 0. The van der Waals surface area contributed by atoms with Gasteiger partial charge >= 0.3 is 0 Å². The molecule has 3 aromatic rings. The number of hydrogen-bond acceptors (Lipinski definition) is 3. The second-order valence-electron chi connectivity index (χ2n) is 7.69. The number of nitrogens with zero attached hydrogens (tertiary/aromatic N) is 4. The van der Waals surface area contributed by atoms with Crippen LogP contribution < -0.4 is 10.6 Å². The molecule has 6 nitrogen and oxygen atoms in total. The molecule has 164 valence electrons. The molecule has 4 rings (SSSR count). The summed E-state index contributed by atoms with van der Waals surface area (Å²) in [4.78, 5) is 6.92. The van der Waals surface area contributed by atoms with Crippen LogP contribution in [0.4, 0.5) is 0 Å². The molecule has 0 bridgehead atoms. The molecule has 0 atom stereocenters. The fourth-order valence-electron chi connectivity index (χ4n) is 3.82. The maximum atomic E-state index is 4.65. The van der Waals surface area contributed by atoms with Gasteiger partial charge in [0.2, 0.25) is 0 Å². The van der Waals surface area contributed by atoms with Crippen molar-refractivity contribution in [3.63, 3.8) is 0 Å². The molecule has 7 heteroatoms. The van der Waals surface area contributed by atoms with E-state index in [0.29, 0.717) is 12.6 Å². The number of likely N-dealkylation sites (tertiary alicyclic amines) is 1. The van der Waals surface area contributed by atoms with Crippen LogP contribution in [0.2, 0.25) is 0 Å². The van der Waals surface area contributed by atoms with Crippen LogP contribution in [0.25, 0.3) is 5.69 Å². The van der Waals surface area contributed by atoms with Crippen molar-refractivity contribution in [1.82, 2.24) is 25.3 Å². The van der Waals surface area contributed by atoms with Gasteiger partial charge in [-0.15, -0.1) is 24.0 Å². The summed E-state index contributed by atoms with van der Waals surface area (Å²) in [5, 5.41) is 11.6. The second-order valence-corrected chi connectivity index (χ2v) is 7.69. The molecule has 0 spiro atoms. The highest BCUT2D eigenvalue weighted by Gasteiger charge is 2.20. The van der Waals surface area contributed by atoms with E-state index in [1.807, 2.05) is 42.2 Å². The molecule has 1 fully saturated rings. The normalized spacial score (nSPS) is 15.3. The van der Waals surface area contributed by atoms with E-state index in [0.717, 1.165) is 49.8 Å². The molecule has 0 aliphatic carbocycles. The molecular weight excluding hydrogens is 499 g/mol. The number of piperidine rings is 1. The topological polar surface area (TPSA) is 57.5 Å². The minimum Gasteiger partial charge on any atom is -0.354 e. The van der Waals surface area contributed by atoms with Crippen molar-refractivity contribution in [1.29, 1.82) is 0 Å². The van der Waals surface area contributed by atoms with Crippen LogP contribution in [-0.2, 0) is 13.1 Å². The van der Waals surface area contributed by atoms with Crippen LogP contribution in [0.1, 0.15) is 24.1 Å². The van der Waals surface area contributed by atoms with Crippen molar-refractivity contribution < 1.29 is 0 Å². The zero-order valence-electron chi connectivity index (χ0n) is 17.9. The first-order valence-electron chi connectivity index (χ1n) is 10.6. The Morgan fingerprint density at radius 1 is 1.00 bits per heavy atom. The summed E-state index contributed by atoms with van der Waals surface area (Å²) in [6.45, 7) is 3.88. The first-order valence-corrected chi connectivity index (χ1v) is 10.6. The number of nitrogens with one attached hydrogen (secondary N) is 2. The van der Waals surface area contributed by atoms with Crippen LogP contribution in [-0.4, -0.2) is 46.8 Å². The van der Waals surface area contributed by atoms with E-state index < -0.39 is 0 Å². The summed E-state index contributed by atoms with van der Waals surface area (Å²) in [5.41, 5.74) is 3.43. The minimum atomic E-state index is 0. The van der Waals surface area contributed by atoms with Gasteiger partial charge in [0.1, 0.15) is 0 Å². The van der Waals surface area contributed by atoms with Gasteiger partial charge in [-0.05, 0) is 36.6 Å². The quantitative estimate of drug-likeness (QED) is 0.289. The Kier molecular flexibility index (Phi) is 8.90. The van der Waals surface area contributed by atoms with Crippen molar-refractivity contribution in [3.8, 4) is 5.69 Å². The number of rotatable bonds is 6. The average molecular weight is 530 g/mol. The molecule has 0 saturated carbocycles. The van der Waals surface area contributed by atoms with E-state index in [2.05, 4.69) is 68.1 Å². The Morgan fingerprint density at radius 3 is 2.35 bits per heavy atom. The SMILES string of the molecule is CN=C(NCc1ccn(-c2ccccc2)n1)NC1CCN(Cc2ccccc2)CC1.I. The smallest absolute Gasteiger partial charge is 0.191 e. The number of benzene rings is 2. The first kappa shape index (κ1) is 23.3. The van der Waals surface area contributed by atoms with E-state index in [9.17, 15) is 0 Å². The van der Waals surface area contributed by atoms with Crippen LogP contribution >= 0.6 is 24.0 Å². The highest BCUT2D eigenvalue weighted by Crippen LogP contribution is 2.14. The van der Waals surface area contributed by atoms with Gasteiger partial charge in [-0.1, -0.05) is 48.5 Å². The van der Waals surface area contributed by atoms with Crippen molar-refractivity contribution in [3.05, 3.63) is 84.2 Å². The van der Waals surface area contributed by atoms with Crippen LogP contribution in [0.5, 0.6) is 0 Å². The van der Waals surface area contributed by atoms with Gasteiger partial charge in [0, 0.05) is 38.9 Å². The second kappa shape index (κ2) is 11.9. The third-order valence-corrected chi connectivity index (χ3v) is 5.50. The van der Waals surface area contributed by atoms with E-state index in [1.54, 1.807) is 0 Å². The van der Waals surface area contributed by atoms with Crippen LogP contribution in [0, 0.1) is 0 Å². The number of aliphatic imine (C=N–C) groups is 1. The molecule has 2 aromatic carbocycles. The first-order chi connectivity index (χ1) is 14.8. The number of guanidine groups is 1. The monoisotopic (exact) mass is 530 g/mol. The van der Waals surface area contributed by atoms with Gasteiger partial charge in [-0.25, -0.2) is 4.68 Å². The molecule has 2 N–H and O–H groups in total. The fourth-order valence-corrected chi connectivity index (χ4v) is 3.82. The maximum Gasteiger partial charge on any atom is 0.191 e. The highest BCUT2D eigenvalue weighted by molar-refractivity contribution is 14.0. The molecule has 1 aliphatic rings. The van der Waals surface area contributed by atoms with Crippen LogP contribution in [0.3, 0.4) is 0 Å². The van der Waals surface area contributed by atoms with Gasteiger partial charge in [-0.2, -0.15) is 5.10 Å². The summed E-state index contributed by atoms with van der Waals surface area (Å²) in [6.07, 6.45) is 4.23. The van der Waals surface area contributed by atoms with Gasteiger partial charge in [0.05, 0.1) is 17.9 Å². The summed E-state index contributed by atoms with van der Waals surface area (Å²) >= 11 is 0. The van der Waals surface area contributed by atoms with Crippen molar-refractivity contribution in [2.45, 2.75) is 32.0 Å². The zero-order valence-corrected chi connectivity index (χ0v) is 20.3. The van der Waals surface area contributed by atoms with Gasteiger partial charge in [-0.3, -0.25) is 9.89 Å². The number of aromatic nitrogens is 2. The summed E-state index contributed by atoms with van der Waals surface area (Å²) < 4.78 is 1.90. The number of halogens is 1. The molecule has 31 heavy (non-hydrogen) atoms. The molecule has 0 amide bonds. The summed E-state index contributed by atoms with van der Waals surface area (Å²) in [7, 11) is 1.82. The molecule has 0 unspecified atom stereocenters. The Hall–Kier alpha value is -2.39. The van der Waals surface area contributed by atoms with E-state index >= 15 is 0 Å². The summed E-state index contributed by atoms with van der Waals surface area (Å²) in [5.74, 6) is 0.839. The van der Waals surface area contributed by atoms with Crippen molar-refractivity contribution in [2.24, 2.45) is 4.99 Å². The third kappa shape index (κ3) is 6.80. The predicted molar refractivity (Wildman–Crippen MR) is 137 cm³/mol. The number of para-hydroxylation sites is 1. The maximum absolute atomic E-state index is 4.65. The summed E-state index contributed by atoms with van der Waals surface area (Å²) in [6, 6.07) is 23.3.